The maximum absolute atomic E-state index is 6.50. The van der Waals surface area contributed by atoms with E-state index < -0.39 is 0 Å². The number of nitrogens with two attached hydrogens (primary N) is 1. The normalized spacial score (nSPS) is 3.00. The Bertz CT molecular complexity index is 8.00. The minimum atomic E-state index is 1.33. The summed E-state index contributed by atoms with van der Waals surface area (Å²) in [6.45, 7) is 0. The molecule has 0 heterocycles. The van der Waals surface area contributed by atoms with Gasteiger partial charge in [0, 0.05) is 0 Å². The third kappa shape index (κ3) is 9.64. The van der Waals surface area contributed by atoms with E-state index in [1.165, 1.54) is 36.4 Å². The molecular weight excluding hydrogens is 223 g/mol. The van der Waals surface area contributed by atoms with Crippen LogP contribution in [0.3, 0.4) is 0 Å². The quantitative estimate of drug-likeness (QED) is 0.572. The van der Waals surface area contributed by atoms with Crippen molar-refractivity contribution in [1.29, 1.82) is 0 Å². The monoisotopic (exact) mass is 226 g/mol. The molecule has 0 aromatic heterocycles. The average Bonchev–Trinajstić information content (AvgIpc) is 1.50. The van der Waals surface area contributed by atoms with E-state index in [1.807, 2.05) is 0 Å². The van der Waals surface area contributed by atoms with Crippen molar-refractivity contribution in [2.24, 2.45) is 5.90 Å². The van der Waals surface area contributed by atoms with E-state index in [0.29, 0.717) is 0 Å². The van der Waals surface area contributed by atoms with Gasteiger partial charge in [-0.3, -0.25) is 0 Å². The van der Waals surface area contributed by atoms with Crippen LogP contribution in [0, 0.1) is 36.4 Å². The van der Waals surface area contributed by atoms with Gasteiger partial charge in [-0.15, -0.1) is 0 Å². The van der Waals surface area contributed by atoms with Crippen molar-refractivity contribution in [3.05, 3.63) is 0 Å². The molecule has 0 aromatic rings. The molecule has 4 heavy (non-hydrogen) atoms. The van der Waals surface area contributed by atoms with E-state index in [1.54, 1.807) is 0 Å². The topological polar surface area (TPSA) is 46.2 Å². The molecule has 0 rings (SSSR count). The summed E-state index contributed by atoms with van der Waals surface area (Å²) >= 11 is 1.33. The summed E-state index contributed by atoms with van der Waals surface area (Å²) in [7, 11) is 0. The summed E-state index contributed by atoms with van der Waals surface area (Å²) in [5.41, 5.74) is 0. The fourth-order valence-corrected chi connectivity index (χ4v) is 0. The zero-order valence-electron chi connectivity index (χ0n) is 1.76. The predicted molar refractivity (Wildman–Crippen MR) is 11.8 cm³/mol. The van der Waals surface area contributed by atoms with E-state index in [0.717, 1.165) is 0 Å². The third-order valence-electron chi connectivity index (χ3n) is 0. The van der Waals surface area contributed by atoms with Crippen LogP contribution in [0.15, 0.2) is 0 Å². The number of hydrogen-bond donors (Lipinski definition) is 2. The average molecular weight is 226 g/mol. The summed E-state index contributed by atoms with van der Waals surface area (Å²) in [6.07, 6.45) is 0. The molecule has 0 spiro atoms. The van der Waals surface area contributed by atoms with E-state index in [9.17, 15) is 0 Å². The van der Waals surface area contributed by atoms with Crippen molar-refractivity contribution in [2.45, 2.75) is 0 Å². The Hall–Kier alpha value is 1.53. The first kappa shape index (κ1) is 9.11. The summed E-state index contributed by atoms with van der Waals surface area (Å²) in [4.78, 5) is 0. The summed E-state index contributed by atoms with van der Waals surface area (Å²) in [5, 5.41) is 6.50. The third-order valence-corrected chi connectivity index (χ3v) is 0. The molecular formula is H3ClGdNO. The minimum absolute atomic E-state index is 1.33. The Morgan fingerprint density at radius 3 is 1.50 bits per heavy atom. The van der Waals surface area contributed by atoms with Gasteiger partial charge in [0.15, 0.2) is 0 Å². The van der Waals surface area contributed by atoms with Gasteiger partial charge in [-0.2, -0.15) is 0 Å². The molecule has 0 bridgehead atoms. The van der Waals surface area contributed by atoms with E-state index in [4.69, 9.17) is 5.21 Å². The van der Waals surface area contributed by atoms with Crippen LogP contribution in [0.25, 0.3) is 0 Å². The Morgan fingerprint density at radius 2 is 1.50 bits per heavy atom. The Balaban J connectivity index is 0. The van der Waals surface area contributed by atoms with Crippen LogP contribution in [-0.4, -0.2) is 5.21 Å². The zero-order chi connectivity index (χ0) is 4.00. The molecule has 2 nitrogen and oxygen atoms in total. The molecule has 0 amide bonds. The second-order valence-electron chi connectivity index (χ2n) is 0. The SMILES string of the molecule is NO.[Cl][Gd]. The molecule has 0 atom stereocenters. The molecule has 0 unspecified atom stereocenters. The Kier molecular flexibility index (Phi) is 54.8. The van der Waals surface area contributed by atoms with Crippen LogP contribution in [0.4, 0.5) is 0 Å². The number of rotatable bonds is 0. The van der Waals surface area contributed by atoms with E-state index in [-0.39, 0.29) is 0 Å². The standard InChI is InChI=1S/ClH.Gd.H3NO/c;;1-2/h1H;;2H,1H2/q;+1;/p-1. The van der Waals surface area contributed by atoms with Gasteiger partial charge in [0.25, 0.3) is 0 Å². The maximum atomic E-state index is 6.50. The van der Waals surface area contributed by atoms with E-state index in [2.05, 4.69) is 11.9 Å². The first-order valence-electron chi connectivity index (χ1n) is 0.392. The van der Waals surface area contributed by atoms with Crippen molar-refractivity contribution in [2.75, 3.05) is 0 Å². The van der Waals surface area contributed by atoms with Gasteiger partial charge >= 0.3 is 42.3 Å². The molecule has 29 valence electrons. The first-order valence-corrected chi connectivity index (χ1v) is 3.23. The molecule has 0 radical (unpaired) electrons. The summed E-state index contributed by atoms with van der Waals surface area (Å²) in [5.74, 6) is 8.17. The van der Waals surface area contributed by atoms with Crippen molar-refractivity contribution in [3.63, 3.8) is 0 Å². The number of halogens is 1. The Labute approximate surface area is 52.8 Å². The van der Waals surface area contributed by atoms with Crippen molar-refractivity contribution in [3.8, 4) is 0 Å². The molecule has 0 saturated carbocycles. The van der Waals surface area contributed by atoms with Gasteiger partial charge in [-0.25, -0.2) is 5.90 Å². The molecule has 0 aliphatic rings. The number of hydrogen-bond acceptors (Lipinski definition) is 2. The van der Waals surface area contributed by atoms with Crippen molar-refractivity contribution < 1.29 is 41.6 Å². The second-order valence-corrected chi connectivity index (χ2v) is 0. The second kappa shape index (κ2) is 24.1. The summed E-state index contributed by atoms with van der Waals surface area (Å²) < 4.78 is 0. The molecule has 0 saturated heterocycles. The van der Waals surface area contributed by atoms with Gasteiger partial charge in [-0.1, -0.05) is 0 Å². The first-order chi connectivity index (χ1) is 2.00. The predicted octanol–water partition coefficient (Wildman–Crippen LogP) is 0.0238. The van der Waals surface area contributed by atoms with Crippen LogP contribution in [-0.2, 0) is 0 Å². The van der Waals surface area contributed by atoms with Gasteiger partial charge in [0.1, 0.15) is 0 Å². The molecule has 3 N–H and O–H groups in total. The Morgan fingerprint density at radius 1 is 1.50 bits per heavy atom. The molecule has 0 aliphatic heterocycles. The van der Waals surface area contributed by atoms with Crippen LogP contribution in [0.1, 0.15) is 0 Å². The fraction of sp³-hybridized carbons (Fsp3) is 0. The van der Waals surface area contributed by atoms with Gasteiger partial charge in [0.2, 0.25) is 0 Å². The van der Waals surface area contributed by atoms with E-state index >= 15 is 0 Å². The van der Waals surface area contributed by atoms with Crippen LogP contribution in [0.5, 0.6) is 0 Å². The molecule has 0 aliphatic carbocycles. The van der Waals surface area contributed by atoms with Gasteiger partial charge in [0.05, 0.1) is 0 Å². The summed E-state index contributed by atoms with van der Waals surface area (Å²) in [6, 6.07) is 0. The fourth-order valence-electron chi connectivity index (χ4n) is 0. The van der Waals surface area contributed by atoms with Crippen LogP contribution in [0.2, 0.25) is 0 Å². The van der Waals surface area contributed by atoms with Crippen LogP contribution >= 0.6 is 5.97 Å². The van der Waals surface area contributed by atoms with Crippen molar-refractivity contribution in [1.82, 2.24) is 0 Å². The zero-order valence-corrected chi connectivity index (χ0v) is 4.78. The molecule has 4 heteroatoms. The van der Waals surface area contributed by atoms with Crippen LogP contribution < -0.4 is 5.90 Å². The van der Waals surface area contributed by atoms with Gasteiger partial charge in [-0.05, 0) is 0 Å². The van der Waals surface area contributed by atoms with Crippen molar-refractivity contribution >= 4 is 5.97 Å². The molecule has 0 aromatic carbocycles. The van der Waals surface area contributed by atoms with Gasteiger partial charge < -0.3 is 5.21 Å². The molecule has 0 fully saturated rings.